The first-order valence-corrected chi connectivity index (χ1v) is 12.9. The molecule has 4 rings (SSSR count). The molecule has 8 heteroatoms. The van der Waals surface area contributed by atoms with E-state index in [9.17, 15) is 18.0 Å². The van der Waals surface area contributed by atoms with E-state index in [-0.39, 0.29) is 29.7 Å². The fourth-order valence-electron chi connectivity index (χ4n) is 4.20. The maximum Gasteiger partial charge on any atom is 0.243 e. The van der Waals surface area contributed by atoms with E-state index >= 15 is 0 Å². The van der Waals surface area contributed by atoms with Gasteiger partial charge in [0.25, 0.3) is 0 Å². The zero-order valence-corrected chi connectivity index (χ0v) is 20.9. The number of sulfonamides is 1. The van der Waals surface area contributed by atoms with Crippen LogP contribution in [-0.2, 0) is 26.2 Å². The largest absolute Gasteiger partial charge is 0.326 e. The van der Waals surface area contributed by atoms with Gasteiger partial charge in [-0.3, -0.25) is 9.59 Å². The van der Waals surface area contributed by atoms with Crippen molar-refractivity contribution in [3.05, 3.63) is 89.5 Å². The number of nitrogens with zero attached hydrogens (tertiary/aromatic N) is 2. The Morgan fingerprint density at radius 3 is 2.37 bits per heavy atom. The summed E-state index contributed by atoms with van der Waals surface area (Å²) in [6.07, 6.45) is 0.135. The molecule has 1 aliphatic rings. The standard InChI is InChI=1S/C27H29N3O4S/c1-19-8-7-11-25(20(19)2)30-18-22(16-26(30)31)27(32)28-23-12-14-24(15-13-23)35(33,34)29(3)17-21-9-5-4-6-10-21/h4-15,22H,16-18H2,1-3H3,(H,28,32)/t22-/m0/s1. The molecule has 1 fully saturated rings. The van der Waals surface area contributed by atoms with Crippen LogP contribution in [0.1, 0.15) is 23.1 Å². The number of nitrogens with one attached hydrogen (secondary N) is 1. The Balaban J connectivity index is 1.41. The first kappa shape index (κ1) is 24.6. The van der Waals surface area contributed by atoms with Gasteiger partial charge in [0.15, 0.2) is 0 Å². The molecule has 1 saturated heterocycles. The van der Waals surface area contributed by atoms with Crippen LogP contribution in [0.15, 0.2) is 77.7 Å². The molecule has 2 amide bonds. The number of hydrogen-bond donors (Lipinski definition) is 1. The van der Waals surface area contributed by atoms with Crippen molar-refractivity contribution in [1.29, 1.82) is 0 Å². The van der Waals surface area contributed by atoms with E-state index in [0.717, 1.165) is 22.4 Å². The van der Waals surface area contributed by atoms with Crippen LogP contribution in [0.25, 0.3) is 0 Å². The maximum absolute atomic E-state index is 12.9. The maximum atomic E-state index is 12.9. The molecule has 0 aliphatic carbocycles. The van der Waals surface area contributed by atoms with Crippen LogP contribution in [0, 0.1) is 19.8 Å². The van der Waals surface area contributed by atoms with Gasteiger partial charge < -0.3 is 10.2 Å². The lowest BCUT2D eigenvalue weighted by Gasteiger charge is -2.20. The molecule has 3 aromatic carbocycles. The highest BCUT2D eigenvalue weighted by molar-refractivity contribution is 7.89. The van der Waals surface area contributed by atoms with E-state index in [4.69, 9.17) is 0 Å². The van der Waals surface area contributed by atoms with E-state index in [0.29, 0.717) is 12.2 Å². The van der Waals surface area contributed by atoms with Crippen molar-refractivity contribution >= 4 is 33.2 Å². The third-order valence-electron chi connectivity index (χ3n) is 6.44. The molecule has 0 saturated carbocycles. The van der Waals surface area contributed by atoms with E-state index < -0.39 is 15.9 Å². The molecule has 7 nitrogen and oxygen atoms in total. The fourth-order valence-corrected chi connectivity index (χ4v) is 5.36. The number of carbonyl (C=O) groups is 2. The van der Waals surface area contributed by atoms with Crippen LogP contribution >= 0.6 is 0 Å². The lowest BCUT2D eigenvalue weighted by atomic mass is 10.1. The van der Waals surface area contributed by atoms with Crippen molar-refractivity contribution in [3.8, 4) is 0 Å². The lowest BCUT2D eigenvalue weighted by molar-refractivity contribution is -0.122. The SMILES string of the molecule is Cc1cccc(N2C[C@@H](C(=O)Nc3ccc(S(=O)(=O)N(C)Cc4ccccc4)cc3)CC2=O)c1C. The zero-order chi connectivity index (χ0) is 25.2. The Labute approximate surface area is 206 Å². The Bertz CT molecular complexity index is 1340. The summed E-state index contributed by atoms with van der Waals surface area (Å²) in [7, 11) is -2.14. The van der Waals surface area contributed by atoms with Gasteiger partial charge in [-0.05, 0) is 60.9 Å². The Morgan fingerprint density at radius 1 is 1.00 bits per heavy atom. The van der Waals surface area contributed by atoms with Crippen LogP contribution in [0.4, 0.5) is 11.4 Å². The average Bonchev–Trinajstić information content (AvgIpc) is 3.23. The van der Waals surface area contributed by atoms with Crippen molar-refractivity contribution in [1.82, 2.24) is 4.31 Å². The Morgan fingerprint density at radius 2 is 1.69 bits per heavy atom. The highest BCUT2D eigenvalue weighted by Gasteiger charge is 2.36. The summed E-state index contributed by atoms with van der Waals surface area (Å²) in [4.78, 5) is 27.3. The van der Waals surface area contributed by atoms with Crippen molar-refractivity contribution in [2.24, 2.45) is 5.92 Å². The summed E-state index contributed by atoms with van der Waals surface area (Å²) < 4.78 is 27.2. The Hall–Kier alpha value is -3.49. The molecule has 1 atom stereocenters. The molecular formula is C27H29N3O4S. The third kappa shape index (κ3) is 5.28. The highest BCUT2D eigenvalue weighted by atomic mass is 32.2. The fraction of sp³-hybridized carbons (Fsp3) is 0.259. The summed E-state index contributed by atoms with van der Waals surface area (Å²) in [6, 6.07) is 21.3. The molecule has 1 N–H and O–H groups in total. The summed E-state index contributed by atoms with van der Waals surface area (Å²) in [5, 5.41) is 2.82. The second-order valence-corrected chi connectivity index (χ2v) is 10.9. The number of amides is 2. The minimum Gasteiger partial charge on any atom is -0.326 e. The number of aryl methyl sites for hydroxylation is 1. The molecule has 0 bridgehead atoms. The normalized spacial score (nSPS) is 16.1. The van der Waals surface area contributed by atoms with Gasteiger partial charge in [0.2, 0.25) is 21.8 Å². The van der Waals surface area contributed by atoms with Crippen molar-refractivity contribution in [2.45, 2.75) is 31.7 Å². The Kier molecular flexibility index (Phi) is 7.05. The minimum absolute atomic E-state index is 0.0817. The predicted molar refractivity (Wildman–Crippen MR) is 137 cm³/mol. The summed E-state index contributed by atoms with van der Waals surface area (Å²) >= 11 is 0. The number of benzene rings is 3. The average molecular weight is 492 g/mol. The molecule has 0 unspecified atom stereocenters. The van der Waals surface area contributed by atoms with Crippen LogP contribution in [0.3, 0.4) is 0 Å². The summed E-state index contributed by atoms with van der Waals surface area (Å²) in [5.41, 5.74) is 4.32. The second kappa shape index (κ2) is 10.0. The zero-order valence-electron chi connectivity index (χ0n) is 20.1. The molecule has 1 aliphatic heterocycles. The topological polar surface area (TPSA) is 86.8 Å². The van der Waals surface area contributed by atoms with Crippen LogP contribution in [-0.4, -0.2) is 38.1 Å². The number of rotatable bonds is 7. The van der Waals surface area contributed by atoms with Crippen LogP contribution in [0.5, 0.6) is 0 Å². The van der Waals surface area contributed by atoms with E-state index in [1.807, 2.05) is 62.4 Å². The van der Waals surface area contributed by atoms with Crippen LogP contribution < -0.4 is 10.2 Å². The van der Waals surface area contributed by atoms with E-state index in [1.165, 1.54) is 23.5 Å². The van der Waals surface area contributed by atoms with Gasteiger partial charge in [-0.1, -0.05) is 42.5 Å². The van der Waals surface area contributed by atoms with E-state index in [2.05, 4.69) is 5.32 Å². The second-order valence-electron chi connectivity index (χ2n) is 8.88. The van der Waals surface area contributed by atoms with Gasteiger partial charge >= 0.3 is 0 Å². The van der Waals surface area contributed by atoms with E-state index in [1.54, 1.807) is 17.0 Å². The van der Waals surface area contributed by atoms with Gasteiger partial charge in [-0.15, -0.1) is 0 Å². The van der Waals surface area contributed by atoms with Crippen molar-refractivity contribution in [2.75, 3.05) is 23.8 Å². The smallest absolute Gasteiger partial charge is 0.243 e. The summed E-state index contributed by atoms with van der Waals surface area (Å²) in [5.74, 6) is -0.826. The highest BCUT2D eigenvalue weighted by Crippen LogP contribution is 2.30. The third-order valence-corrected chi connectivity index (χ3v) is 8.26. The minimum atomic E-state index is -3.68. The first-order valence-electron chi connectivity index (χ1n) is 11.4. The van der Waals surface area contributed by atoms with Gasteiger partial charge in [0.1, 0.15) is 0 Å². The molecule has 1 heterocycles. The van der Waals surface area contributed by atoms with Gasteiger partial charge in [0, 0.05) is 37.9 Å². The van der Waals surface area contributed by atoms with Gasteiger partial charge in [-0.2, -0.15) is 4.31 Å². The number of hydrogen-bond acceptors (Lipinski definition) is 4. The molecule has 35 heavy (non-hydrogen) atoms. The number of anilines is 2. The summed E-state index contributed by atoms with van der Waals surface area (Å²) in [6.45, 7) is 4.53. The van der Waals surface area contributed by atoms with Gasteiger partial charge in [-0.25, -0.2) is 8.42 Å². The van der Waals surface area contributed by atoms with Crippen molar-refractivity contribution in [3.63, 3.8) is 0 Å². The molecule has 0 aromatic heterocycles. The lowest BCUT2D eigenvalue weighted by Crippen LogP contribution is -2.28. The van der Waals surface area contributed by atoms with Crippen LogP contribution in [0.2, 0.25) is 0 Å². The first-order chi connectivity index (χ1) is 16.7. The molecule has 3 aromatic rings. The monoisotopic (exact) mass is 491 g/mol. The quantitative estimate of drug-likeness (QED) is 0.539. The molecular weight excluding hydrogens is 462 g/mol. The van der Waals surface area contributed by atoms with Gasteiger partial charge in [0.05, 0.1) is 10.8 Å². The molecule has 0 radical (unpaired) electrons. The van der Waals surface area contributed by atoms with Crippen molar-refractivity contribution < 1.29 is 18.0 Å². The predicted octanol–water partition coefficient (Wildman–Crippen LogP) is 4.12. The molecule has 182 valence electrons. The number of carbonyl (C=O) groups excluding carboxylic acids is 2. The molecule has 0 spiro atoms.